The van der Waals surface area contributed by atoms with Gasteiger partial charge in [0.2, 0.25) is 0 Å². The molecule has 0 bridgehead atoms. The number of methoxy groups -OCH3 is 1. The summed E-state index contributed by atoms with van der Waals surface area (Å²) in [5, 5.41) is 9.56. The number of rotatable bonds is 2. The maximum Gasteiger partial charge on any atom is 0.139 e. The molecule has 0 radical (unpaired) electrons. The lowest BCUT2D eigenvalue weighted by Crippen LogP contribution is -2.09. The molecular formula is C8H9Cl2NO2. The van der Waals surface area contributed by atoms with E-state index in [-0.39, 0.29) is 10.0 Å². The van der Waals surface area contributed by atoms with Crippen molar-refractivity contribution in [3.8, 4) is 5.75 Å². The van der Waals surface area contributed by atoms with E-state index in [9.17, 15) is 0 Å². The molecule has 3 N–H and O–H groups in total. The quantitative estimate of drug-likeness (QED) is 0.752. The van der Waals surface area contributed by atoms with Gasteiger partial charge in [-0.3, -0.25) is 0 Å². The Kier molecular flexibility index (Phi) is 3.39. The third-order valence-corrected chi connectivity index (χ3v) is 2.49. The number of hydrogen-bond acceptors (Lipinski definition) is 3. The molecule has 0 heterocycles. The molecule has 0 aliphatic carbocycles. The third-order valence-electron chi connectivity index (χ3n) is 1.62. The second kappa shape index (κ2) is 4.15. The van der Waals surface area contributed by atoms with Gasteiger partial charge in [0.15, 0.2) is 0 Å². The zero-order valence-electron chi connectivity index (χ0n) is 6.92. The Hall–Kier alpha value is -0.480. The molecule has 0 spiro atoms. The molecule has 1 atom stereocenters. The average Bonchev–Trinajstić information content (AvgIpc) is 2.09. The zero-order valence-corrected chi connectivity index (χ0v) is 8.43. The third kappa shape index (κ3) is 2.06. The highest BCUT2D eigenvalue weighted by Crippen LogP contribution is 2.35. The van der Waals surface area contributed by atoms with E-state index in [1.165, 1.54) is 7.11 Å². The molecule has 1 aromatic carbocycles. The van der Waals surface area contributed by atoms with E-state index in [2.05, 4.69) is 0 Å². The normalized spacial score (nSPS) is 12.7. The summed E-state index contributed by atoms with van der Waals surface area (Å²) in [7, 11) is 1.48. The first kappa shape index (κ1) is 10.6. The average molecular weight is 222 g/mol. The van der Waals surface area contributed by atoms with Gasteiger partial charge in [0, 0.05) is 5.56 Å². The number of hydrogen-bond donors (Lipinski definition) is 2. The highest BCUT2D eigenvalue weighted by atomic mass is 35.5. The molecule has 0 aliphatic heterocycles. The minimum atomic E-state index is -1.13. The maximum atomic E-state index is 9.09. The second-order valence-electron chi connectivity index (χ2n) is 2.43. The standard InChI is InChI=1S/C8H9Cl2NO2/c1-13-5-3-2-4(8(11)12)6(9)7(5)10/h2-3,8,12H,11H2,1H3. The van der Waals surface area contributed by atoms with Crippen molar-refractivity contribution in [1.29, 1.82) is 0 Å². The van der Waals surface area contributed by atoms with Gasteiger partial charge in [-0.25, -0.2) is 0 Å². The van der Waals surface area contributed by atoms with Gasteiger partial charge in [0.05, 0.1) is 12.1 Å². The fraction of sp³-hybridized carbons (Fsp3) is 0.250. The van der Waals surface area contributed by atoms with Crippen molar-refractivity contribution < 1.29 is 9.84 Å². The van der Waals surface area contributed by atoms with Gasteiger partial charge < -0.3 is 15.6 Å². The minimum Gasteiger partial charge on any atom is -0.495 e. The number of benzene rings is 1. The Balaban J connectivity index is 3.23. The summed E-state index contributed by atoms with van der Waals surface area (Å²) in [6.07, 6.45) is -1.13. The molecule has 5 heteroatoms. The predicted octanol–water partition coefficient (Wildman–Crippen LogP) is 1.95. The lowest BCUT2D eigenvalue weighted by molar-refractivity contribution is 0.186. The summed E-state index contributed by atoms with van der Waals surface area (Å²) < 4.78 is 4.92. The Bertz CT molecular complexity index is 315. The molecule has 0 amide bonds. The van der Waals surface area contributed by atoms with E-state index in [0.717, 1.165) is 0 Å². The summed E-state index contributed by atoms with van der Waals surface area (Å²) in [5.74, 6) is 0.455. The van der Waals surface area contributed by atoms with Crippen LogP contribution in [0.5, 0.6) is 5.75 Å². The molecule has 13 heavy (non-hydrogen) atoms. The summed E-state index contributed by atoms with van der Waals surface area (Å²) in [4.78, 5) is 0. The van der Waals surface area contributed by atoms with Crippen LogP contribution in [0.2, 0.25) is 10.0 Å². The van der Waals surface area contributed by atoms with E-state index in [1.807, 2.05) is 0 Å². The number of nitrogens with two attached hydrogens (primary N) is 1. The van der Waals surface area contributed by atoms with E-state index < -0.39 is 6.23 Å². The number of aliphatic hydroxyl groups excluding tert-OH is 1. The Morgan fingerprint density at radius 3 is 2.46 bits per heavy atom. The molecule has 1 unspecified atom stereocenters. The van der Waals surface area contributed by atoms with Gasteiger partial charge in [-0.2, -0.15) is 0 Å². The van der Waals surface area contributed by atoms with E-state index in [4.69, 9.17) is 38.8 Å². The van der Waals surface area contributed by atoms with Crippen LogP contribution in [0.1, 0.15) is 11.8 Å². The van der Waals surface area contributed by atoms with E-state index in [1.54, 1.807) is 12.1 Å². The predicted molar refractivity (Wildman–Crippen MR) is 52.2 cm³/mol. The molecule has 0 aromatic heterocycles. The van der Waals surface area contributed by atoms with Crippen LogP contribution in [-0.4, -0.2) is 12.2 Å². The fourth-order valence-corrected chi connectivity index (χ4v) is 1.45. The van der Waals surface area contributed by atoms with Crippen LogP contribution < -0.4 is 10.5 Å². The Morgan fingerprint density at radius 1 is 1.38 bits per heavy atom. The maximum absolute atomic E-state index is 9.09. The van der Waals surface area contributed by atoms with Crippen molar-refractivity contribution >= 4 is 23.2 Å². The lowest BCUT2D eigenvalue weighted by atomic mass is 10.2. The summed E-state index contributed by atoms with van der Waals surface area (Å²) in [5.41, 5.74) is 5.63. The van der Waals surface area contributed by atoms with Gasteiger partial charge in [-0.1, -0.05) is 23.2 Å². The van der Waals surface area contributed by atoms with Gasteiger partial charge in [0.25, 0.3) is 0 Å². The monoisotopic (exact) mass is 221 g/mol. The number of aliphatic hydroxyl groups is 1. The lowest BCUT2D eigenvalue weighted by Gasteiger charge is -2.10. The second-order valence-corrected chi connectivity index (χ2v) is 3.19. The van der Waals surface area contributed by atoms with Crippen LogP contribution in [0.25, 0.3) is 0 Å². The van der Waals surface area contributed by atoms with Crippen LogP contribution in [0, 0.1) is 0 Å². The first-order chi connectivity index (χ1) is 6.07. The molecule has 72 valence electrons. The zero-order chi connectivity index (χ0) is 10.0. The van der Waals surface area contributed by atoms with Crippen molar-refractivity contribution in [1.82, 2.24) is 0 Å². The summed E-state index contributed by atoms with van der Waals surface area (Å²) in [6, 6.07) is 3.16. The minimum absolute atomic E-state index is 0.219. The van der Waals surface area contributed by atoms with Crippen LogP contribution in [0.3, 0.4) is 0 Å². The molecule has 0 aliphatic rings. The first-order valence-corrected chi connectivity index (χ1v) is 4.29. The SMILES string of the molecule is COc1ccc(C(N)O)c(Cl)c1Cl. The van der Waals surface area contributed by atoms with E-state index in [0.29, 0.717) is 11.3 Å². The van der Waals surface area contributed by atoms with Crippen LogP contribution in [-0.2, 0) is 0 Å². The van der Waals surface area contributed by atoms with Crippen molar-refractivity contribution in [2.24, 2.45) is 5.73 Å². The van der Waals surface area contributed by atoms with Crippen LogP contribution >= 0.6 is 23.2 Å². The molecule has 1 aromatic rings. The van der Waals surface area contributed by atoms with Crippen molar-refractivity contribution in [2.75, 3.05) is 7.11 Å². The highest BCUT2D eigenvalue weighted by Gasteiger charge is 2.13. The summed E-state index contributed by atoms with van der Waals surface area (Å²) in [6.45, 7) is 0. The smallest absolute Gasteiger partial charge is 0.139 e. The molecular weight excluding hydrogens is 213 g/mol. The van der Waals surface area contributed by atoms with Crippen LogP contribution in [0.4, 0.5) is 0 Å². The number of ether oxygens (including phenoxy) is 1. The molecule has 0 saturated heterocycles. The van der Waals surface area contributed by atoms with Gasteiger partial charge in [0.1, 0.15) is 17.0 Å². The van der Waals surface area contributed by atoms with Gasteiger partial charge >= 0.3 is 0 Å². The van der Waals surface area contributed by atoms with Gasteiger partial charge in [-0.05, 0) is 12.1 Å². The molecule has 0 saturated carbocycles. The van der Waals surface area contributed by atoms with Gasteiger partial charge in [-0.15, -0.1) is 0 Å². The van der Waals surface area contributed by atoms with Crippen LogP contribution in [0.15, 0.2) is 12.1 Å². The Labute approximate surface area is 86.0 Å². The molecule has 3 nitrogen and oxygen atoms in total. The topological polar surface area (TPSA) is 55.5 Å². The number of halogens is 2. The molecule has 0 fully saturated rings. The largest absolute Gasteiger partial charge is 0.495 e. The van der Waals surface area contributed by atoms with Crippen molar-refractivity contribution in [3.63, 3.8) is 0 Å². The Morgan fingerprint density at radius 2 is 2.00 bits per heavy atom. The fourth-order valence-electron chi connectivity index (χ4n) is 0.933. The summed E-state index contributed by atoms with van der Waals surface area (Å²) >= 11 is 11.6. The van der Waals surface area contributed by atoms with Crippen molar-refractivity contribution in [2.45, 2.75) is 6.23 Å². The highest BCUT2D eigenvalue weighted by molar-refractivity contribution is 6.43. The molecule has 1 rings (SSSR count). The van der Waals surface area contributed by atoms with Crippen molar-refractivity contribution in [3.05, 3.63) is 27.7 Å². The van der Waals surface area contributed by atoms with E-state index >= 15 is 0 Å². The first-order valence-electron chi connectivity index (χ1n) is 3.53.